The van der Waals surface area contributed by atoms with Crippen molar-refractivity contribution in [3.63, 3.8) is 0 Å². The van der Waals surface area contributed by atoms with Crippen LogP contribution in [-0.4, -0.2) is 27.8 Å². The van der Waals surface area contributed by atoms with Crippen LogP contribution in [0.25, 0.3) is 16.7 Å². The molecule has 0 spiro atoms. The molecule has 9 heteroatoms. The maximum Gasteiger partial charge on any atom is 0.259 e. The second kappa shape index (κ2) is 10.1. The van der Waals surface area contributed by atoms with Crippen LogP contribution in [0.4, 0.5) is 20.2 Å². The van der Waals surface area contributed by atoms with Gasteiger partial charge in [0.25, 0.3) is 5.91 Å². The molecule has 5 rings (SSSR count). The van der Waals surface area contributed by atoms with E-state index in [0.717, 1.165) is 29.1 Å². The zero-order chi connectivity index (χ0) is 25.9. The molecule has 0 fully saturated rings. The third-order valence-corrected chi connectivity index (χ3v) is 5.92. The van der Waals surface area contributed by atoms with Crippen molar-refractivity contribution in [2.45, 2.75) is 13.5 Å². The molecule has 0 saturated heterocycles. The lowest BCUT2D eigenvalue weighted by Crippen LogP contribution is -2.16. The maximum atomic E-state index is 13.7. The number of carbonyl (C=O) groups excluding carboxylic acids is 1. The molecule has 0 aliphatic heterocycles. The molecule has 37 heavy (non-hydrogen) atoms. The maximum absolute atomic E-state index is 13.7. The normalized spacial score (nSPS) is 10.9. The molecule has 0 bridgehead atoms. The summed E-state index contributed by atoms with van der Waals surface area (Å²) in [6, 6.07) is 20.3. The third-order valence-electron chi connectivity index (χ3n) is 5.92. The van der Waals surface area contributed by atoms with Crippen LogP contribution in [0.2, 0.25) is 0 Å². The van der Waals surface area contributed by atoms with Crippen LogP contribution in [0.15, 0.2) is 79.0 Å². The first-order valence-electron chi connectivity index (χ1n) is 11.5. The minimum Gasteiger partial charge on any atom is -0.497 e. The number of anilines is 2. The molecule has 2 N–H and O–H groups in total. The van der Waals surface area contributed by atoms with E-state index in [1.54, 1.807) is 11.8 Å². The quantitative estimate of drug-likeness (QED) is 0.292. The number of para-hydroxylation sites is 1. The van der Waals surface area contributed by atoms with E-state index in [9.17, 15) is 13.6 Å². The molecule has 0 aliphatic rings. The van der Waals surface area contributed by atoms with E-state index in [0.29, 0.717) is 29.0 Å². The summed E-state index contributed by atoms with van der Waals surface area (Å²) in [5, 5.41) is 11.4. The number of aryl methyl sites for hydroxylation is 1. The molecule has 0 atom stereocenters. The Morgan fingerprint density at radius 1 is 1.00 bits per heavy atom. The predicted molar refractivity (Wildman–Crippen MR) is 138 cm³/mol. The number of hydrogen-bond donors (Lipinski definition) is 2. The van der Waals surface area contributed by atoms with Crippen molar-refractivity contribution >= 4 is 28.3 Å². The lowest BCUT2D eigenvalue weighted by molar-refractivity contribution is 0.102. The fourth-order valence-electron chi connectivity index (χ4n) is 4.06. The summed E-state index contributed by atoms with van der Waals surface area (Å²) in [4.78, 5) is 17.9. The number of pyridine rings is 1. The van der Waals surface area contributed by atoms with Gasteiger partial charge in [-0.3, -0.25) is 4.79 Å². The van der Waals surface area contributed by atoms with Gasteiger partial charge < -0.3 is 15.4 Å². The van der Waals surface area contributed by atoms with Gasteiger partial charge in [0.2, 0.25) is 0 Å². The number of methoxy groups -OCH3 is 1. The van der Waals surface area contributed by atoms with E-state index in [4.69, 9.17) is 4.74 Å². The van der Waals surface area contributed by atoms with Gasteiger partial charge in [0.05, 0.1) is 35.1 Å². The van der Waals surface area contributed by atoms with Crippen molar-refractivity contribution in [2.75, 3.05) is 17.7 Å². The van der Waals surface area contributed by atoms with E-state index in [1.165, 1.54) is 12.3 Å². The Bertz CT molecular complexity index is 1580. The Morgan fingerprint density at radius 2 is 1.76 bits per heavy atom. The fourth-order valence-corrected chi connectivity index (χ4v) is 4.06. The summed E-state index contributed by atoms with van der Waals surface area (Å²) in [6.45, 7) is 2.25. The first kappa shape index (κ1) is 23.9. The molecular weight excluding hydrogens is 476 g/mol. The summed E-state index contributed by atoms with van der Waals surface area (Å²) >= 11 is 0. The Morgan fingerprint density at radius 3 is 2.46 bits per heavy atom. The third kappa shape index (κ3) is 4.84. The molecule has 0 aliphatic carbocycles. The van der Waals surface area contributed by atoms with Gasteiger partial charge in [0, 0.05) is 24.5 Å². The number of rotatable bonds is 7. The summed E-state index contributed by atoms with van der Waals surface area (Å²) in [6.07, 6.45) is 1.45. The average molecular weight is 500 g/mol. The van der Waals surface area contributed by atoms with Crippen LogP contribution in [0.3, 0.4) is 0 Å². The molecule has 2 aromatic heterocycles. The minimum absolute atomic E-state index is 0.127. The number of amides is 1. The van der Waals surface area contributed by atoms with Crippen LogP contribution in [0.1, 0.15) is 21.6 Å². The fraction of sp³-hybridized carbons (Fsp3) is 0.107. The Balaban J connectivity index is 1.57. The molecule has 0 unspecified atom stereocenters. The van der Waals surface area contributed by atoms with Gasteiger partial charge in [0.1, 0.15) is 5.75 Å². The molecule has 1 amide bonds. The lowest BCUT2D eigenvalue weighted by Gasteiger charge is -2.14. The predicted octanol–water partition coefficient (Wildman–Crippen LogP) is 5.88. The molecular formula is C28H23F2N5O2. The Hall–Kier alpha value is -4.79. The van der Waals surface area contributed by atoms with Crippen molar-refractivity contribution < 1.29 is 18.3 Å². The highest BCUT2D eigenvalue weighted by Gasteiger charge is 2.22. The number of hydrogen-bond acceptors (Lipinski definition) is 5. The van der Waals surface area contributed by atoms with Gasteiger partial charge >= 0.3 is 0 Å². The minimum atomic E-state index is -1.05. The second-order valence-corrected chi connectivity index (χ2v) is 8.36. The van der Waals surface area contributed by atoms with Crippen LogP contribution >= 0.6 is 0 Å². The summed E-state index contributed by atoms with van der Waals surface area (Å²) in [7, 11) is 1.60. The zero-order valence-corrected chi connectivity index (χ0v) is 20.1. The van der Waals surface area contributed by atoms with Crippen LogP contribution in [-0.2, 0) is 6.54 Å². The first-order valence-corrected chi connectivity index (χ1v) is 11.5. The van der Waals surface area contributed by atoms with Crippen LogP contribution in [0.5, 0.6) is 5.75 Å². The van der Waals surface area contributed by atoms with Gasteiger partial charge in [-0.2, -0.15) is 5.10 Å². The number of fused-ring (bicyclic) bond motifs is 1. The van der Waals surface area contributed by atoms with Gasteiger partial charge in [0.15, 0.2) is 17.3 Å². The molecule has 0 radical (unpaired) electrons. The largest absolute Gasteiger partial charge is 0.497 e. The van der Waals surface area contributed by atoms with E-state index >= 15 is 0 Å². The zero-order valence-electron chi connectivity index (χ0n) is 20.1. The lowest BCUT2D eigenvalue weighted by atomic mass is 10.1. The average Bonchev–Trinajstić information content (AvgIpc) is 3.26. The van der Waals surface area contributed by atoms with E-state index in [2.05, 4.69) is 20.7 Å². The van der Waals surface area contributed by atoms with Gasteiger partial charge in [-0.15, -0.1) is 0 Å². The second-order valence-electron chi connectivity index (χ2n) is 8.36. The highest BCUT2D eigenvalue weighted by molar-refractivity contribution is 6.12. The summed E-state index contributed by atoms with van der Waals surface area (Å²) < 4.78 is 34.0. The van der Waals surface area contributed by atoms with Crippen molar-refractivity contribution in [1.29, 1.82) is 0 Å². The van der Waals surface area contributed by atoms with Crippen LogP contribution in [0, 0.1) is 18.6 Å². The number of aromatic nitrogens is 3. The molecule has 5 aromatic rings. The van der Waals surface area contributed by atoms with Crippen molar-refractivity contribution in [3.8, 4) is 11.4 Å². The number of benzene rings is 3. The first-order chi connectivity index (χ1) is 17.9. The highest BCUT2D eigenvalue weighted by Crippen LogP contribution is 2.31. The summed E-state index contributed by atoms with van der Waals surface area (Å²) in [5.74, 6) is -1.83. The molecule has 186 valence electrons. The Labute approximate surface area is 211 Å². The number of nitrogens with zero attached hydrogens (tertiary/aromatic N) is 3. The van der Waals surface area contributed by atoms with Crippen molar-refractivity contribution in [3.05, 3.63) is 107 Å². The van der Waals surface area contributed by atoms with Crippen molar-refractivity contribution in [1.82, 2.24) is 14.8 Å². The number of nitrogens with one attached hydrogen (secondary N) is 2. The Kier molecular flexibility index (Phi) is 6.51. The monoisotopic (exact) mass is 499 g/mol. The summed E-state index contributed by atoms with van der Waals surface area (Å²) in [5.41, 5.74) is 3.93. The van der Waals surface area contributed by atoms with E-state index in [1.807, 2.05) is 61.5 Å². The smallest absolute Gasteiger partial charge is 0.259 e. The highest BCUT2D eigenvalue weighted by atomic mass is 19.2. The topological polar surface area (TPSA) is 81.1 Å². The SMILES string of the molecule is COc1ccc(CNc2c(C(=O)Nc3ccc(F)c(F)c3)cnc3c2c(C)nn3-c2ccccc2)cc1. The molecule has 7 nitrogen and oxygen atoms in total. The van der Waals surface area contributed by atoms with Crippen LogP contribution < -0.4 is 15.4 Å². The van der Waals surface area contributed by atoms with E-state index < -0.39 is 17.5 Å². The van der Waals surface area contributed by atoms with Gasteiger partial charge in [-0.05, 0) is 48.9 Å². The van der Waals surface area contributed by atoms with E-state index in [-0.39, 0.29) is 11.3 Å². The molecule has 3 aromatic carbocycles. The molecule has 2 heterocycles. The standard InChI is InChI=1S/C28H23F2N5O2/c1-17-25-26(31-15-18-8-11-21(37-2)12-9-18)22(28(36)33-19-10-13-23(29)24(30)14-19)16-32-27(25)35(34-17)20-6-4-3-5-7-20/h3-14,16H,15H2,1-2H3,(H,31,32)(H,33,36). The number of carbonyl (C=O) groups is 1. The molecule has 0 saturated carbocycles. The van der Waals surface area contributed by atoms with Crippen molar-refractivity contribution in [2.24, 2.45) is 0 Å². The number of halogens is 2. The van der Waals surface area contributed by atoms with Gasteiger partial charge in [-0.25, -0.2) is 18.4 Å². The number of ether oxygens (including phenoxy) is 1. The van der Waals surface area contributed by atoms with Gasteiger partial charge in [-0.1, -0.05) is 30.3 Å².